The molecule has 0 heterocycles. The quantitative estimate of drug-likeness (QED) is 0.409. The lowest BCUT2D eigenvalue weighted by Crippen LogP contribution is -1.85. The number of hydrogen-bond donors (Lipinski definition) is 0. The Labute approximate surface area is 170 Å². The maximum Gasteiger partial charge on any atom is 0.0571 e. The van der Waals surface area contributed by atoms with Gasteiger partial charge in [-0.1, -0.05) is 72.0 Å². The highest BCUT2D eigenvalue weighted by Gasteiger charge is 2.15. The van der Waals surface area contributed by atoms with Crippen molar-refractivity contribution in [1.29, 1.82) is 0 Å². The van der Waals surface area contributed by atoms with E-state index in [9.17, 15) is 0 Å². The fraction of sp³-hybridized carbons (Fsp3) is 0.250. The van der Waals surface area contributed by atoms with E-state index in [0.717, 1.165) is 31.1 Å². The molecule has 0 radical (unpaired) electrons. The van der Waals surface area contributed by atoms with Gasteiger partial charge in [0.15, 0.2) is 0 Å². The van der Waals surface area contributed by atoms with Crippen molar-refractivity contribution < 1.29 is 0 Å². The van der Waals surface area contributed by atoms with E-state index in [-0.39, 0.29) is 0 Å². The Hall–Kier alpha value is 0.650. The molecule has 0 saturated carbocycles. The smallest absolute Gasteiger partial charge is 0.0571 e. The molecule has 0 spiro atoms. The largest absolute Gasteiger partial charge is 0.126 e. The van der Waals surface area contributed by atoms with E-state index in [1.54, 1.807) is 23.5 Å². The Bertz CT molecular complexity index is 598. The number of hydrogen-bond acceptors (Lipinski definition) is 3. The predicted octanol–water partition coefficient (Wildman–Crippen LogP) is 8.68. The second kappa shape index (κ2) is 9.38. The summed E-state index contributed by atoms with van der Waals surface area (Å²) in [5.41, 5.74) is 0. The number of halogens is 4. The Morgan fingerprint density at radius 3 is 1.22 bits per heavy atom. The zero-order valence-corrected chi connectivity index (χ0v) is 17.9. The molecule has 0 N–H and O–H groups in total. The van der Waals surface area contributed by atoms with E-state index < -0.39 is 0 Å². The van der Waals surface area contributed by atoms with Gasteiger partial charge in [-0.3, -0.25) is 0 Å². The second-order valence-electron chi connectivity index (χ2n) is 4.40. The van der Waals surface area contributed by atoms with Gasteiger partial charge in [-0.25, -0.2) is 0 Å². The molecule has 0 nitrogen and oxygen atoms in total. The molecule has 0 aliphatic carbocycles. The Kier molecular flexibility index (Phi) is 8.14. The molecular formula is C16H14Cl4S3. The SMILES string of the molecule is CCSc1cc(Cl)c(Sc2c(Cl)cc(SCC)cc2Cl)c(Cl)c1. The molecule has 0 saturated heterocycles. The van der Waals surface area contributed by atoms with Gasteiger partial charge >= 0.3 is 0 Å². The summed E-state index contributed by atoms with van der Waals surface area (Å²) in [5.74, 6) is 1.93. The topological polar surface area (TPSA) is 0 Å². The third-order valence-corrected chi connectivity index (χ3v) is 7.41. The first kappa shape index (κ1) is 20.0. The van der Waals surface area contributed by atoms with Gasteiger partial charge in [0.05, 0.1) is 20.1 Å². The van der Waals surface area contributed by atoms with Gasteiger partial charge in [-0.2, -0.15) is 0 Å². The van der Waals surface area contributed by atoms with Crippen molar-refractivity contribution in [3.05, 3.63) is 44.4 Å². The summed E-state index contributed by atoms with van der Waals surface area (Å²) in [7, 11) is 0. The fourth-order valence-electron chi connectivity index (χ4n) is 1.87. The summed E-state index contributed by atoms with van der Waals surface area (Å²) in [4.78, 5) is 3.65. The molecule has 0 fully saturated rings. The highest BCUT2D eigenvalue weighted by molar-refractivity contribution is 8.00. The van der Waals surface area contributed by atoms with Crippen molar-refractivity contribution in [2.24, 2.45) is 0 Å². The average molecular weight is 444 g/mol. The zero-order valence-electron chi connectivity index (χ0n) is 12.5. The van der Waals surface area contributed by atoms with E-state index in [2.05, 4.69) is 13.8 Å². The lowest BCUT2D eigenvalue weighted by molar-refractivity contribution is 1.31. The first-order valence-corrected chi connectivity index (χ1v) is 11.2. The molecule has 2 rings (SSSR count). The third kappa shape index (κ3) is 5.31. The van der Waals surface area contributed by atoms with Gasteiger partial charge in [-0.05, 0) is 35.8 Å². The van der Waals surface area contributed by atoms with Gasteiger partial charge < -0.3 is 0 Å². The molecule has 0 unspecified atom stereocenters. The van der Waals surface area contributed by atoms with Crippen molar-refractivity contribution in [3.8, 4) is 0 Å². The molecule has 0 aliphatic heterocycles. The number of thioether (sulfide) groups is 2. The molecule has 0 atom stereocenters. The summed E-state index contributed by atoms with van der Waals surface area (Å²) in [6.07, 6.45) is 0. The third-order valence-electron chi connectivity index (χ3n) is 2.77. The van der Waals surface area contributed by atoms with Crippen molar-refractivity contribution in [2.45, 2.75) is 33.4 Å². The molecule has 7 heteroatoms. The van der Waals surface area contributed by atoms with Gasteiger partial charge in [0.1, 0.15) is 0 Å². The Morgan fingerprint density at radius 1 is 0.652 bits per heavy atom. The zero-order chi connectivity index (χ0) is 17.0. The highest BCUT2D eigenvalue weighted by Crippen LogP contribution is 2.46. The first-order chi connectivity index (χ1) is 11.0. The van der Waals surface area contributed by atoms with E-state index in [4.69, 9.17) is 46.4 Å². The van der Waals surface area contributed by atoms with Crippen LogP contribution in [0.1, 0.15) is 13.8 Å². The molecule has 2 aromatic rings. The highest BCUT2D eigenvalue weighted by atomic mass is 35.5. The lowest BCUT2D eigenvalue weighted by Gasteiger charge is -2.12. The standard InChI is InChI=1S/C16H14Cl4S3/c1-3-21-9-5-11(17)15(12(18)6-9)23-16-13(19)7-10(22-4-2)8-14(16)20/h5-8H,3-4H2,1-2H3. The molecule has 0 amide bonds. The molecule has 23 heavy (non-hydrogen) atoms. The molecule has 2 aromatic carbocycles. The minimum atomic E-state index is 0.609. The molecular weight excluding hydrogens is 430 g/mol. The monoisotopic (exact) mass is 442 g/mol. The van der Waals surface area contributed by atoms with Crippen molar-refractivity contribution in [3.63, 3.8) is 0 Å². The van der Waals surface area contributed by atoms with Crippen LogP contribution in [0, 0.1) is 0 Å². The first-order valence-electron chi connectivity index (χ1n) is 6.87. The van der Waals surface area contributed by atoms with Crippen LogP contribution in [0.15, 0.2) is 43.8 Å². The molecule has 0 aliphatic rings. The van der Waals surface area contributed by atoms with Crippen LogP contribution in [0.25, 0.3) is 0 Å². The Balaban J connectivity index is 2.36. The van der Waals surface area contributed by atoms with Crippen LogP contribution in [0.5, 0.6) is 0 Å². The minimum Gasteiger partial charge on any atom is -0.126 e. The predicted molar refractivity (Wildman–Crippen MR) is 110 cm³/mol. The Morgan fingerprint density at radius 2 is 0.957 bits per heavy atom. The van der Waals surface area contributed by atoms with Crippen LogP contribution in [-0.4, -0.2) is 11.5 Å². The summed E-state index contributed by atoms with van der Waals surface area (Å²) in [6.45, 7) is 4.18. The molecule has 0 aromatic heterocycles. The fourth-order valence-corrected chi connectivity index (χ4v) is 5.87. The summed E-state index contributed by atoms with van der Waals surface area (Å²) < 4.78 is 0. The van der Waals surface area contributed by atoms with Crippen molar-refractivity contribution in [2.75, 3.05) is 11.5 Å². The molecule has 0 bridgehead atoms. The van der Waals surface area contributed by atoms with Crippen LogP contribution in [0.3, 0.4) is 0 Å². The van der Waals surface area contributed by atoms with Crippen LogP contribution in [0.4, 0.5) is 0 Å². The number of benzene rings is 2. The summed E-state index contributed by atoms with van der Waals surface area (Å²) in [5, 5.41) is 2.44. The second-order valence-corrected chi connectivity index (χ2v) is 9.72. The maximum atomic E-state index is 6.40. The summed E-state index contributed by atoms with van der Waals surface area (Å²) >= 11 is 30.4. The van der Waals surface area contributed by atoms with Crippen LogP contribution in [0.2, 0.25) is 20.1 Å². The van der Waals surface area contributed by atoms with Crippen LogP contribution in [-0.2, 0) is 0 Å². The van der Waals surface area contributed by atoms with Gasteiger partial charge in [0.2, 0.25) is 0 Å². The van der Waals surface area contributed by atoms with Crippen molar-refractivity contribution in [1.82, 2.24) is 0 Å². The van der Waals surface area contributed by atoms with E-state index in [1.807, 2.05) is 24.3 Å². The summed E-state index contributed by atoms with van der Waals surface area (Å²) in [6, 6.07) is 7.69. The van der Waals surface area contributed by atoms with Crippen LogP contribution >= 0.6 is 81.7 Å². The lowest BCUT2D eigenvalue weighted by atomic mass is 10.3. The van der Waals surface area contributed by atoms with E-state index in [0.29, 0.717) is 20.1 Å². The minimum absolute atomic E-state index is 0.609. The average Bonchev–Trinajstić information content (AvgIpc) is 2.45. The normalized spacial score (nSPS) is 11.0. The number of rotatable bonds is 6. The van der Waals surface area contributed by atoms with E-state index in [1.165, 1.54) is 11.8 Å². The maximum absolute atomic E-state index is 6.40. The van der Waals surface area contributed by atoms with Gasteiger partial charge in [0, 0.05) is 19.6 Å². The van der Waals surface area contributed by atoms with Gasteiger partial charge in [0.25, 0.3) is 0 Å². The van der Waals surface area contributed by atoms with E-state index >= 15 is 0 Å². The van der Waals surface area contributed by atoms with Gasteiger partial charge in [-0.15, -0.1) is 23.5 Å². The van der Waals surface area contributed by atoms with Crippen molar-refractivity contribution >= 4 is 81.7 Å². The molecule has 124 valence electrons. The van der Waals surface area contributed by atoms with Crippen LogP contribution < -0.4 is 0 Å².